The molecule has 7 heteroatoms. The second kappa shape index (κ2) is 13.1. The summed E-state index contributed by atoms with van der Waals surface area (Å²) in [6.45, 7) is 6.78. The van der Waals surface area contributed by atoms with Gasteiger partial charge in [0, 0.05) is 30.8 Å². The first-order valence-corrected chi connectivity index (χ1v) is 15.9. The molecule has 0 amide bonds. The molecule has 1 aliphatic rings. The van der Waals surface area contributed by atoms with Crippen LogP contribution in [-0.4, -0.2) is 34.4 Å². The van der Waals surface area contributed by atoms with Gasteiger partial charge in [0.15, 0.2) is 11.5 Å². The predicted octanol–water partition coefficient (Wildman–Crippen LogP) is 7.96. The fourth-order valence-corrected chi connectivity index (χ4v) is 8.37. The minimum atomic E-state index is -3.57. The largest absolute Gasteiger partial charge is 0.493 e. The van der Waals surface area contributed by atoms with Crippen molar-refractivity contribution in [3.8, 4) is 11.5 Å². The van der Waals surface area contributed by atoms with Gasteiger partial charge in [-0.05, 0) is 84.7 Å². The first kappa shape index (κ1) is 30.0. The predicted molar refractivity (Wildman–Crippen MR) is 167 cm³/mol. The summed E-state index contributed by atoms with van der Waals surface area (Å²) in [5.74, 6) is 1.85. The molecule has 0 spiro atoms. The van der Waals surface area contributed by atoms with Crippen LogP contribution in [0.3, 0.4) is 0 Å². The third kappa shape index (κ3) is 6.67. The van der Waals surface area contributed by atoms with Crippen molar-refractivity contribution in [2.24, 2.45) is 17.8 Å². The number of rotatable bonds is 11. The highest BCUT2D eigenvalue weighted by atomic mass is 31.2. The summed E-state index contributed by atoms with van der Waals surface area (Å²) in [7, 11) is 3.68. The molecule has 40 heavy (non-hydrogen) atoms. The van der Waals surface area contributed by atoms with E-state index in [-0.39, 0.29) is 6.10 Å². The van der Waals surface area contributed by atoms with Crippen molar-refractivity contribution in [1.29, 1.82) is 0 Å². The van der Waals surface area contributed by atoms with Gasteiger partial charge in [-0.1, -0.05) is 51.5 Å². The van der Waals surface area contributed by atoms with Crippen LogP contribution in [0.2, 0.25) is 0 Å². The van der Waals surface area contributed by atoms with E-state index in [0.717, 1.165) is 29.8 Å². The van der Waals surface area contributed by atoms with Gasteiger partial charge in [-0.2, -0.15) is 0 Å². The summed E-state index contributed by atoms with van der Waals surface area (Å²) in [5.41, 5.74) is 2.72. The van der Waals surface area contributed by atoms with E-state index >= 15 is 4.57 Å². The highest BCUT2D eigenvalue weighted by Gasteiger charge is 2.43. The smallest absolute Gasteiger partial charge is 0.258 e. The molecule has 0 heterocycles. The quantitative estimate of drug-likeness (QED) is 0.239. The number of hydrogen-bond acceptors (Lipinski definition) is 6. The molecule has 0 radical (unpaired) electrons. The molecule has 4 rings (SSSR count). The zero-order valence-corrected chi connectivity index (χ0v) is 25.9. The Hall–Kier alpha value is -2.95. The number of para-hydroxylation sites is 1. The van der Waals surface area contributed by atoms with Crippen LogP contribution in [0.25, 0.3) is 0 Å². The Labute approximate surface area is 240 Å². The summed E-state index contributed by atoms with van der Waals surface area (Å²) in [5, 5.41) is 4.31. The topological polar surface area (TPSA) is 60.0 Å². The Kier molecular flexibility index (Phi) is 9.86. The molecule has 216 valence electrons. The van der Waals surface area contributed by atoms with E-state index in [4.69, 9.17) is 14.0 Å². The van der Waals surface area contributed by atoms with Crippen LogP contribution in [0.15, 0.2) is 72.8 Å². The van der Waals surface area contributed by atoms with Crippen molar-refractivity contribution < 1.29 is 18.6 Å². The fourth-order valence-electron chi connectivity index (χ4n) is 5.75. The lowest BCUT2D eigenvalue weighted by Gasteiger charge is -2.41. The van der Waals surface area contributed by atoms with Gasteiger partial charge in [0.1, 0.15) is 5.78 Å². The second-order valence-electron chi connectivity index (χ2n) is 11.5. The van der Waals surface area contributed by atoms with Gasteiger partial charge in [0.05, 0.1) is 20.3 Å². The van der Waals surface area contributed by atoms with E-state index in [1.165, 1.54) is 6.42 Å². The van der Waals surface area contributed by atoms with Crippen LogP contribution in [0, 0.1) is 17.8 Å². The van der Waals surface area contributed by atoms with Gasteiger partial charge >= 0.3 is 0 Å². The minimum Gasteiger partial charge on any atom is -0.493 e. The molecular formula is C33H45N2O4P. The van der Waals surface area contributed by atoms with Crippen LogP contribution in [-0.2, 0) is 9.09 Å². The molecule has 0 saturated heterocycles. The van der Waals surface area contributed by atoms with Crippen LogP contribution in [0.5, 0.6) is 11.5 Å². The fraction of sp³-hybridized carbons (Fsp3) is 0.455. The molecule has 6 nitrogen and oxygen atoms in total. The highest BCUT2D eigenvalue weighted by molar-refractivity contribution is 7.67. The Morgan fingerprint density at radius 3 is 2.17 bits per heavy atom. The van der Waals surface area contributed by atoms with Crippen LogP contribution >= 0.6 is 7.37 Å². The first-order valence-electron chi connectivity index (χ1n) is 14.3. The maximum atomic E-state index is 15.7. The number of hydrogen-bond donors (Lipinski definition) is 1. The third-order valence-corrected chi connectivity index (χ3v) is 10.8. The average Bonchev–Trinajstić information content (AvgIpc) is 2.96. The van der Waals surface area contributed by atoms with E-state index in [2.05, 4.69) is 26.1 Å². The molecule has 1 aliphatic carbocycles. The van der Waals surface area contributed by atoms with Crippen LogP contribution in [0.4, 0.5) is 11.4 Å². The monoisotopic (exact) mass is 564 g/mol. The lowest BCUT2D eigenvalue weighted by molar-refractivity contribution is 0.0488. The van der Waals surface area contributed by atoms with Gasteiger partial charge in [0.2, 0.25) is 0 Å². The highest BCUT2D eigenvalue weighted by Crippen LogP contribution is 2.62. The van der Waals surface area contributed by atoms with Gasteiger partial charge in [-0.15, -0.1) is 0 Å². The number of anilines is 2. The molecule has 0 aromatic heterocycles. The van der Waals surface area contributed by atoms with E-state index in [1.54, 1.807) is 14.2 Å². The Morgan fingerprint density at radius 1 is 0.900 bits per heavy atom. The molecule has 5 atom stereocenters. The SMILES string of the molecule is COc1ccc([C@@H](Nc2ccccc2)[P@@](=O)(O[C@@H]2C[C@@H](C)CC[C@H]2C(C)C)c2ccc(N(C)C)cc2)cc1OC. The lowest BCUT2D eigenvalue weighted by Crippen LogP contribution is -2.35. The van der Waals surface area contributed by atoms with E-state index in [0.29, 0.717) is 34.6 Å². The molecule has 0 unspecified atom stereocenters. The van der Waals surface area contributed by atoms with Crippen molar-refractivity contribution in [2.45, 2.75) is 51.9 Å². The van der Waals surface area contributed by atoms with Crippen molar-refractivity contribution >= 4 is 24.0 Å². The molecule has 3 aromatic rings. The maximum Gasteiger partial charge on any atom is 0.258 e. The molecule has 3 aromatic carbocycles. The number of benzene rings is 3. The van der Waals surface area contributed by atoms with E-state index in [9.17, 15) is 0 Å². The summed E-state index contributed by atoms with van der Waals surface area (Å²) < 4.78 is 33.9. The van der Waals surface area contributed by atoms with Crippen molar-refractivity contribution in [3.63, 3.8) is 0 Å². The van der Waals surface area contributed by atoms with Crippen LogP contribution in [0.1, 0.15) is 51.4 Å². The van der Waals surface area contributed by atoms with E-state index in [1.807, 2.05) is 91.8 Å². The van der Waals surface area contributed by atoms with Gasteiger partial charge in [0.25, 0.3) is 7.37 Å². The van der Waals surface area contributed by atoms with Gasteiger partial charge < -0.3 is 24.2 Å². The summed E-state index contributed by atoms with van der Waals surface area (Å²) in [6.07, 6.45) is 3.04. The van der Waals surface area contributed by atoms with Gasteiger partial charge in [-0.3, -0.25) is 4.57 Å². The Balaban J connectivity index is 1.89. The van der Waals surface area contributed by atoms with Crippen molar-refractivity contribution in [3.05, 3.63) is 78.4 Å². The second-order valence-corrected chi connectivity index (χ2v) is 13.9. The first-order chi connectivity index (χ1) is 19.2. The van der Waals surface area contributed by atoms with Gasteiger partial charge in [-0.25, -0.2) is 0 Å². The number of nitrogens with one attached hydrogen (secondary N) is 1. The van der Waals surface area contributed by atoms with E-state index < -0.39 is 13.2 Å². The standard InChI is InChI=1S/C33H45N2O4P/c1-23(2)29-19-13-24(3)21-31(29)39-40(36,28-17-15-27(16-18-28)35(4)5)33(34-26-11-9-8-10-12-26)25-14-20-30(37-6)32(22-25)38-7/h8-12,14-18,20,22-24,29,31,33-34H,13,19,21H2,1-7H3/t24-,29-,31+,33-,40-/m0/s1. The minimum absolute atomic E-state index is 0.108. The lowest BCUT2D eigenvalue weighted by atomic mass is 9.75. The molecule has 1 saturated carbocycles. The molecule has 1 N–H and O–H groups in total. The molecule has 0 aliphatic heterocycles. The summed E-state index contributed by atoms with van der Waals surface area (Å²) in [6, 6.07) is 23.6. The van der Waals surface area contributed by atoms with Crippen molar-refractivity contribution in [2.75, 3.05) is 38.5 Å². The third-order valence-electron chi connectivity index (χ3n) is 8.12. The molecule has 0 bridgehead atoms. The zero-order chi connectivity index (χ0) is 28.9. The molecule has 1 fully saturated rings. The normalized spacial score (nSPS) is 21.4. The number of methoxy groups -OCH3 is 2. The Bertz CT molecular complexity index is 1280. The number of ether oxygens (including phenoxy) is 2. The zero-order valence-electron chi connectivity index (χ0n) is 25.0. The number of nitrogens with zero attached hydrogens (tertiary/aromatic N) is 1. The maximum absolute atomic E-state index is 15.7. The molecular weight excluding hydrogens is 519 g/mol. The average molecular weight is 565 g/mol. The van der Waals surface area contributed by atoms with Crippen LogP contribution < -0.4 is 25.0 Å². The van der Waals surface area contributed by atoms with Crippen molar-refractivity contribution in [1.82, 2.24) is 0 Å². The summed E-state index contributed by atoms with van der Waals surface area (Å²) in [4.78, 5) is 2.04. The summed E-state index contributed by atoms with van der Waals surface area (Å²) >= 11 is 0. The Morgan fingerprint density at radius 2 is 1.57 bits per heavy atom.